The largest absolute Gasteiger partial charge is 0.506 e. The number of hydrogen-bond donors (Lipinski definition) is 2. The van der Waals surface area contributed by atoms with Crippen LogP contribution in [0.25, 0.3) is 0 Å². The lowest BCUT2D eigenvalue weighted by atomic mass is 10.2. The molecule has 0 aliphatic rings. The van der Waals surface area contributed by atoms with E-state index >= 15 is 0 Å². The molecule has 7 heteroatoms. The number of aromatic nitrogens is 2. The summed E-state index contributed by atoms with van der Waals surface area (Å²) in [5.74, 6) is -0.119. The van der Waals surface area contributed by atoms with E-state index in [1.165, 1.54) is 30.1 Å². The van der Waals surface area contributed by atoms with Crippen molar-refractivity contribution in [2.45, 2.75) is 11.9 Å². The number of anilines is 1. The number of benzene rings is 1. The summed E-state index contributed by atoms with van der Waals surface area (Å²) in [7, 11) is -2.22. The first kappa shape index (κ1) is 12.4. The van der Waals surface area contributed by atoms with E-state index in [2.05, 4.69) is 9.82 Å². The SMILES string of the molecule is Cc1ccc(O)c(NS(=O)(=O)c2ccnn2C)c1. The molecule has 0 fully saturated rings. The molecule has 0 radical (unpaired) electrons. The van der Waals surface area contributed by atoms with E-state index in [1.807, 2.05) is 0 Å². The highest BCUT2D eigenvalue weighted by atomic mass is 32.2. The Morgan fingerprint density at radius 2 is 2.06 bits per heavy atom. The highest BCUT2D eigenvalue weighted by Gasteiger charge is 2.19. The Balaban J connectivity index is 2.40. The van der Waals surface area contributed by atoms with Crippen LogP contribution in [-0.2, 0) is 17.1 Å². The van der Waals surface area contributed by atoms with Gasteiger partial charge >= 0.3 is 0 Å². The van der Waals surface area contributed by atoms with Crippen molar-refractivity contribution in [1.82, 2.24) is 9.78 Å². The van der Waals surface area contributed by atoms with Gasteiger partial charge in [0.1, 0.15) is 5.75 Å². The maximum absolute atomic E-state index is 12.1. The van der Waals surface area contributed by atoms with Gasteiger partial charge in [0.15, 0.2) is 5.03 Å². The second kappa shape index (κ2) is 4.34. The molecule has 2 aromatic rings. The molecule has 0 aliphatic heterocycles. The molecule has 2 rings (SSSR count). The van der Waals surface area contributed by atoms with Crippen molar-refractivity contribution in [3.8, 4) is 5.75 Å². The molecule has 0 amide bonds. The summed E-state index contributed by atoms with van der Waals surface area (Å²) in [6.07, 6.45) is 1.39. The van der Waals surface area contributed by atoms with Crippen molar-refractivity contribution in [1.29, 1.82) is 0 Å². The summed E-state index contributed by atoms with van der Waals surface area (Å²) in [5.41, 5.74) is 0.992. The van der Waals surface area contributed by atoms with Gasteiger partial charge in [0, 0.05) is 7.05 Å². The Bertz CT molecular complexity index is 677. The first-order valence-corrected chi connectivity index (χ1v) is 6.69. The summed E-state index contributed by atoms with van der Waals surface area (Å²) in [6, 6.07) is 6.08. The first-order valence-electron chi connectivity index (χ1n) is 5.20. The molecule has 6 nitrogen and oxygen atoms in total. The third kappa shape index (κ3) is 2.30. The van der Waals surface area contributed by atoms with E-state index in [0.29, 0.717) is 0 Å². The summed E-state index contributed by atoms with van der Waals surface area (Å²) >= 11 is 0. The second-order valence-electron chi connectivity index (χ2n) is 3.92. The van der Waals surface area contributed by atoms with Gasteiger partial charge in [0.05, 0.1) is 11.9 Å². The van der Waals surface area contributed by atoms with Crippen molar-refractivity contribution in [2.75, 3.05) is 4.72 Å². The van der Waals surface area contributed by atoms with Crippen LogP contribution in [0.15, 0.2) is 35.5 Å². The summed E-state index contributed by atoms with van der Waals surface area (Å²) < 4.78 is 27.7. The standard InChI is InChI=1S/C11H13N3O3S/c1-8-3-4-10(15)9(7-8)13-18(16,17)11-5-6-12-14(11)2/h3-7,13,15H,1-2H3. The van der Waals surface area contributed by atoms with Crippen molar-refractivity contribution in [3.05, 3.63) is 36.0 Å². The lowest BCUT2D eigenvalue weighted by Crippen LogP contribution is -2.16. The van der Waals surface area contributed by atoms with E-state index in [-0.39, 0.29) is 16.5 Å². The van der Waals surface area contributed by atoms with E-state index in [0.717, 1.165) is 5.56 Å². The fourth-order valence-electron chi connectivity index (χ4n) is 1.55. The third-order valence-corrected chi connectivity index (χ3v) is 3.89. The number of rotatable bonds is 3. The third-order valence-electron chi connectivity index (χ3n) is 2.45. The molecule has 1 heterocycles. The minimum Gasteiger partial charge on any atom is -0.506 e. The van der Waals surface area contributed by atoms with Crippen LogP contribution in [0.3, 0.4) is 0 Å². The predicted molar refractivity (Wildman–Crippen MR) is 66.9 cm³/mol. The highest BCUT2D eigenvalue weighted by Crippen LogP contribution is 2.26. The number of hydrogen-bond acceptors (Lipinski definition) is 4. The molecule has 1 aromatic carbocycles. The van der Waals surface area contributed by atoms with Gasteiger partial charge in [0.25, 0.3) is 10.0 Å². The number of phenolic OH excluding ortho intramolecular Hbond substituents is 1. The van der Waals surface area contributed by atoms with E-state index in [1.54, 1.807) is 19.1 Å². The van der Waals surface area contributed by atoms with Gasteiger partial charge in [-0.15, -0.1) is 0 Å². The Morgan fingerprint density at radius 1 is 1.33 bits per heavy atom. The smallest absolute Gasteiger partial charge is 0.279 e. The molecule has 18 heavy (non-hydrogen) atoms. The molecule has 2 N–H and O–H groups in total. The average Bonchev–Trinajstić information content (AvgIpc) is 2.70. The van der Waals surface area contributed by atoms with E-state index < -0.39 is 10.0 Å². The van der Waals surface area contributed by atoms with Gasteiger partial charge in [0.2, 0.25) is 0 Å². The minimum atomic E-state index is -3.75. The van der Waals surface area contributed by atoms with Gasteiger partial charge in [-0.05, 0) is 30.7 Å². The Hall–Kier alpha value is -2.02. The lowest BCUT2D eigenvalue weighted by Gasteiger charge is -2.10. The second-order valence-corrected chi connectivity index (χ2v) is 5.55. The highest BCUT2D eigenvalue weighted by molar-refractivity contribution is 7.92. The molecular formula is C11H13N3O3S. The zero-order chi connectivity index (χ0) is 13.3. The summed E-state index contributed by atoms with van der Waals surface area (Å²) in [5, 5.41) is 13.4. The molecule has 96 valence electrons. The van der Waals surface area contributed by atoms with Gasteiger partial charge in [-0.3, -0.25) is 9.40 Å². The van der Waals surface area contributed by atoms with Crippen LogP contribution in [0, 0.1) is 6.92 Å². The molecule has 0 aliphatic carbocycles. The molecule has 0 unspecified atom stereocenters. The molecule has 0 saturated heterocycles. The van der Waals surface area contributed by atoms with E-state index in [4.69, 9.17) is 0 Å². The van der Waals surface area contributed by atoms with Crippen LogP contribution >= 0.6 is 0 Å². The van der Waals surface area contributed by atoms with Crippen molar-refractivity contribution in [2.24, 2.45) is 7.05 Å². The summed E-state index contributed by atoms with van der Waals surface area (Å²) in [6.45, 7) is 1.81. The summed E-state index contributed by atoms with van der Waals surface area (Å²) in [4.78, 5) is 0. The zero-order valence-electron chi connectivity index (χ0n) is 9.95. The van der Waals surface area contributed by atoms with Crippen LogP contribution in [-0.4, -0.2) is 23.3 Å². The van der Waals surface area contributed by atoms with Crippen LogP contribution in [0.1, 0.15) is 5.56 Å². The number of nitrogens with zero attached hydrogens (tertiary/aromatic N) is 2. The van der Waals surface area contributed by atoms with Gasteiger partial charge in [-0.1, -0.05) is 6.07 Å². The van der Waals surface area contributed by atoms with Crippen molar-refractivity contribution in [3.63, 3.8) is 0 Å². The molecule has 0 spiro atoms. The van der Waals surface area contributed by atoms with Crippen LogP contribution < -0.4 is 4.72 Å². The lowest BCUT2D eigenvalue weighted by molar-refractivity contribution is 0.477. The van der Waals surface area contributed by atoms with Gasteiger partial charge in [-0.2, -0.15) is 13.5 Å². The number of aromatic hydroxyl groups is 1. The van der Waals surface area contributed by atoms with Crippen molar-refractivity contribution < 1.29 is 13.5 Å². The maximum Gasteiger partial charge on any atom is 0.279 e. The van der Waals surface area contributed by atoms with Crippen LogP contribution in [0.5, 0.6) is 5.75 Å². The molecular weight excluding hydrogens is 254 g/mol. The Kier molecular flexibility index (Phi) is 3.00. The minimum absolute atomic E-state index is 0.0309. The predicted octanol–water partition coefficient (Wildman–Crippen LogP) is 1.23. The maximum atomic E-state index is 12.1. The molecule has 0 saturated carbocycles. The quantitative estimate of drug-likeness (QED) is 0.819. The molecule has 0 bridgehead atoms. The van der Waals surface area contributed by atoms with Gasteiger partial charge in [-0.25, -0.2) is 0 Å². The normalized spacial score (nSPS) is 11.4. The topological polar surface area (TPSA) is 84.2 Å². The van der Waals surface area contributed by atoms with Crippen LogP contribution in [0.2, 0.25) is 0 Å². The average molecular weight is 267 g/mol. The first-order chi connectivity index (χ1) is 8.40. The fourth-order valence-corrected chi connectivity index (χ4v) is 2.75. The Labute approximate surface area is 105 Å². The monoisotopic (exact) mass is 267 g/mol. The number of sulfonamides is 1. The Morgan fingerprint density at radius 3 is 2.67 bits per heavy atom. The van der Waals surface area contributed by atoms with Gasteiger partial charge < -0.3 is 5.11 Å². The zero-order valence-corrected chi connectivity index (χ0v) is 10.8. The molecule has 1 aromatic heterocycles. The number of phenols is 1. The van der Waals surface area contributed by atoms with Crippen molar-refractivity contribution >= 4 is 15.7 Å². The fraction of sp³-hybridized carbons (Fsp3) is 0.182. The van der Waals surface area contributed by atoms with Crippen LogP contribution in [0.4, 0.5) is 5.69 Å². The molecule has 0 atom stereocenters. The number of nitrogens with one attached hydrogen (secondary N) is 1. The number of aryl methyl sites for hydroxylation is 2. The van der Waals surface area contributed by atoms with E-state index in [9.17, 15) is 13.5 Å².